The lowest BCUT2D eigenvalue weighted by molar-refractivity contribution is -0.660. The van der Waals surface area contributed by atoms with Crippen LogP contribution in [0.15, 0.2) is 30.5 Å². The molecule has 0 saturated heterocycles. The fourth-order valence-electron chi connectivity index (χ4n) is 4.42. The van der Waals surface area contributed by atoms with E-state index in [0.717, 1.165) is 0 Å². The normalized spacial score (nSPS) is 20.0. The Morgan fingerprint density at radius 3 is 1.92 bits per heavy atom. The Labute approximate surface area is 147 Å². The van der Waals surface area contributed by atoms with Crippen LogP contribution in [0.3, 0.4) is 0 Å². The predicted molar refractivity (Wildman–Crippen MR) is 102 cm³/mol. The van der Waals surface area contributed by atoms with Gasteiger partial charge in [-0.05, 0) is 58.4 Å². The van der Waals surface area contributed by atoms with Gasteiger partial charge in [-0.25, -0.2) is 4.57 Å². The number of benzene rings is 1. The minimum absolute atomic E-state index is 0.149. The van der Waals surface area contributed by atoms with E-state index in [2.05, 4.69) is 97.5 Å². The lowest BCUT2D eigenvalue weighted by Crippen LogP contribution is -2.42. The van der Waals surface area contributed by atoms with Crippen LogP contribution in [0.1, 0.15) is 63.8 Å². The molecule has 3 rings (SSSR count). The first-order chi connectivity index (χ1) is 10.9. The van der Waals surface area contributed by atoms with E-state index in [4.69, 9.17) is 0 Å². The summed E-state index contributed by atoms with van der Waals surface area (Å²) in [6.07, 6.45) is 2.16. The monoisotopic (exact) mass is 322 g/mol. The average Bonchev–Trinajstić information content (AvgIpc) is 2.57. The Bertz CT molecular complexity index is 822. The minimum Gasteiger partial charge on any atom is -0.201 e. The van der Waals surface area contributed by atoms with Gasteiger partial charge >= 0.3 is 0 Å². The fourth-order valence-corrected chi connectivity index (χ4v) is 4.42. The van der Waals surface area contributed by atoms with Gasteiger partial charge in [-0.2, -0.15) is 0 Å². The highest BCUT2D eigenvalue weighted by atomic mass is 14.9. The van der Waals surface area contributed by atoms with Gasteiger partial charge in [0.25, 0.3) is 0 Å². The van der Waals surface area contributed by atoms with Gasteiger partial charge in [0.15, 0.2) is 6.20 Å². The highest BCUT2D eigenvalue weighted by Crippen LogP contribution is 2.62. The molecule has 0 N–H and O–H groups in total. The van der Waals surface area contributed by atoms with E-state index in [0.29, 0.717) is 0 Å². The summed E-state index contributed by atoms with van der Waals surface area (Å²) in [7, 11) is 2.14. The minimum atomic E-state index is 0.149. The number of nitrogens with zero attached hydrogens (tertiary/aromatic N) is 1. The van der Waals surface area contributed by atoms with Crippen molar-refractivity contribution in [1.82, 2.24) is 0 Å². The van der Waals surface area contributed by atoms with E-state index >= 15 is 0 Å². The Kier molecular flexibility index (Phi) is 3.54. The van der Waals surface area contributed by atoms with Crippen molar-refractivity contribution in [3.63, 3.8) is 0 Å². The molecule has 0 bridgehead atoms. The smallest absolute Gasteiger partial charge is 0.201 e. The van der Waals surface area contributed by atoms with Crippen molar-refractivity contribution in [2.24, 2.45) is 12.5 Å². The zero-order chi connectivity index (χ0) is 18.1. The first kappa shape index (κ1) is 17.2. The van der Waals surface area contributed by atoms with Crippen molar-refractivity contribution < 1.29 is 4.57 Å². The molecule has 1 aromatic carbocycles. The molecule has 0 amide bonds. The molecule has 1 heteroatoms. The van der Waals surface area contributed by atoms with Crippen LogP contribution in [0.5, 0.6) is 0 Å². The van der Waals surface area contributed by atoms with Gasteiger partial charge in [-0.1, -0.05) is 47.6 Å². The molecule has 128 valence electrons. The quantitative estimate of drug-likeness (QED) is 0.620. The second kappa shape index (κ2) is 4.94. The molecule has 0 unspecified atom stereocenters. The van der Waals surface area contributed by atoms with Gasteiger partial charge in [-0.3, -0.25) is 0 Å². The molecule has 1 aromatic heterocycles. The molecule has 0 saturated carbocycles. The number of hydrogen-bond acceptors (Lipinski definition) is 0. The Morgan fingerprint density at radius 1 is 0.792 bits per heavy atom. The number of rotatable bonds is 1. The molecule has 1 aliphatic rings. The predicted octanol–water partition coefficient (Wildman–Crippen LogP) is 5.39. The molecule has 0 atom stereocenters. The van der Waals surface area contributed by atoms with Crippen LogP contribution in [0.25, 0.3) is 11.3 Å². The molecule has 2 aromatic rings. The Morgan fingerprint density at radius 2 is 1.33 bits per heavy atom. The first-order valence-corrected chi connectivity index (χ1v) is 9.03. The number of fused-ring (bicyclic) bond motifs is 1. The van der Waals surface area contributed by atoms with Crippen LogP contribution in [-0.4, -0.2) is 0 Å². The third-order valence-electron chi connectivity index (χ3n) is 7.42. The highest BCUT2D eigenvalue weighted by Gasteiger charge is 2.56. The summed E-state index contributed by atoms with van der Waals surface area (Å²) < 4.78 is 2.24. The van der Waals surface area contributed by atoms with Crippen molar-refractivity contribution in [2.45, 2.75) is 66.2 Å². The average molecular weight is 323 g/mol. The summed E-state index contributed by atoms with van der Waals surface area (Å²) >= 11 is 0. The van der Waals surface area contributed by atoms with Gasteiger partial charge in [-0.15, -0.1) is 0 Å². The van der Waals surface area contributed by atoms with E-state index in [1.807, 2.05) is 0 Å². The molecular formula is C23H32N+. The maximum absolute atomic E-state index is 2.47. The van der Waals surface area contributed by atoms with Crippen molar-refractivity contribution in [3.8, 4) is 11.3 Å². The van der Waals surface area contributed by atoms with Crippen molar-refractivity contribution in [2.75, 3.05) is 0 Å². The zero-order valence-corrected chi connectivity index (χ0v) is 16.8. The van der Waals surface area contributed by atoms with Gasteiger partial charge in [0, 0.05) is 17.7 Å². The largest absolute Gasteiger partial charge is 0.212 e. The standard InChI is InChI=1S/C23H32N/c1-15-10-11-24(9)20(12-15)17-14-19-18(13-16(17)2)21(3,4)23(7,8)22(19,5)6/h10-14H,1-9H3/q+1. The molecule has 1 heterocycles. The highest BCUT2D eigenvalue weighted by molar-refractivity contribution is 5.67. The number of pyridine rings is 1. The molecule has 0 spiro atoms. The summed E-state index contributed by atoms with van der Waals surface area (Å²) in [6.45, 7) is 18.9. The number of hydrogen-bond donors (Lipinski definition) is 0. The number of aromatic nitrogens is 1. The summed E-state index contributed by atoms with van der Waals surface area (Å²) in [6, 6.07) is 9.38. The van der Waals surface area contributed by atoms with Crippen LogP contribution in [0.2, 0.25) is 0 Å². The molecule has 1 nitrogen and oxygen atoms in total. The molecular weight excluding hydrogens is 290 g/mol. The van der Waals surface area contributed by atoms with Crippen LogP contribution < -0.4 is 4.57 Å². The molecule has 24 heavy (non-hydrogen) atoms. The van der Waals surface area contributed by atoms with Crippen molar-refractivity contribution in [3.05, 3.63) is 52.7 Å². The van der Waals surface area contributed by atoms with E-state index in [1.165, 1.54) is 33.5 Å². The van der Waals surface area contributed by atoms with Crippen LogP contribution in [0, 0.1) is 19.3 Å². The van der Waals surface area contributed by atoms with Crippen molar-refractivity contribution in [1.29, 1.82) is 0 Å². The SMILES string of the molecule is Cc1cc[n+](C)c(-c2cc3c(cc2C)C(C)(C)C(C)(C)C3(C)C)c1. The van der Waals surface area contributed by atoms with Gasteiger partial charge in [0.05, 0.1) is 0 Å². The fraction of sp³-hybridized carbons (Fsp3) is 0.522. The lowest BCUT2D eigenvalue weighted by Gasteiger charge is -2.44. The summed E-state index contributed by atoms with van der Waals surface area (Å²) in [5, 5.41) is 0. The topological polar surface area (TPSA) is 3.88 Å². The maximum Gasteiger partial charge on any atom is 0.212 e. The van der Waals surface area contributed by atoms with E-state index in [-0.39, 0.29) is 16.2 Å². The van der Waals surface area contributed by atoms with Gasteiger partial charge in [0.1, 0.15) is 7.05 Å². The molecule has 0 radical (unpaired) electrons. The first-order valence-electron chi connectivity index (χ1n) is 9.03. The Hall–Kier alpha value is -1.63. The molecule has 0 fully saturated rings. The van der Waals surface area contributed by atoms with Crippen LogP contribution in [0.4, 0.5) is 0 Å². The maximum atomic E-state index is 2.47. The third-order valence-corrected chi connectivity index (χ3v) is 7.42. The molecule has 0 aliphatic heterocycles. The van der Waals surface area contributed by atoms with Gasteiger partial charge in [0.2, 0.25) is 5.69 Å². The Balaban J connectivity index is 2.32. The van der Waals surface area contributed by atoms with Crippen LogP contribution in [-0.2, 0) is 17.9 Å². The van der Waals surface area contributed by atoms with E-state index < -0.39 is 0 Å². The molecule has 1 aliphatic carbocycles. The van der Waals surface area contributed by atoms with Crippen molar-refractivity contribution >= 4 is 0 Å². The summed E-state index contributed by atoms with van der Waals surface area (Å²) in [5.41, 5.74) is 8.91. The van der Waals surface area contributed by atoms with Crippen LogP contribution >= 0.6 is 0 Å². The third kappa shape index (κ3) is 2.03. The summed E-state index contributed by atoms with van der Waals surface area (Å²) in [4.78, 5) is 0. The number of aryl methyl sites for hydroxylation is 3. The van der Waals surface area contributed by atoms with Gasteiger partial charge < -0.3 is 0 Å². The van der Waals surface area contributed by atoms with E-state index in [1.54, 1.807) is 0 Å². The summed E-state index contributed by atoms with van der Waals surface area (Å²) in [5.74, 6) is 0. The second-order valence-corrected chi connectivity index (χ2v) is 9.29. The van der Waals surface area contributed by atoms with E-state index in [9.17, 15) is 0 Å². The second-order valence-electron chi connectivity index (χ2n) is 9.29. The lowest BCUT2D eigenvalue weighted by atomic mass is 9.59. The zero-order valence-electron chi connectivity index (χ0n) is 16.8.